The van der Waals surface area contributed by atoms with Gasteiger partial charge in [0, 0.05) is 11.3 Å². The molecule has 0 fully saturated rings. The van der Waals surface area contributed by atoms with Crippen LogP contribution >= 0.6 is 0 Å². The maximum absolute atomic E-state index is 12.5. The van der Waals surface area contributed by atoms with Crippen molar-refractivity contribution in [3.05, 3.63) is 54.1 Å². The van der Waals surface area contributed by atoms with Crippen LogP contribution in [0.4, 0.5) is 5.69 Å². The highest BCUT2D eigenvalue weighted by molar-refractivity contribution is 7.90. The van der Waals surface area contributed by atoms with E-state index in [1.54, 1.807) is 36.4 Å². The molecule has 0 bridgehead atoms. The van der Waals surface area contributed by atoms with E-state index in [1.165, 1.54) is 19.2 Å². The average molecular weight is 374 g/mol. The summed E-state index contributed by atoms with van der Waals surface area (Å²) in [4.78, 5) is 15.5. The highest BCUT2D eigenvalue weighted by Gasteiger charge is 2.24. The molecular weight excluding hydrogens is 354 g/mol. The first kappa shape index (κ1) is 17.9. The third kappa shape index (κ3) is 4.20. The number of benzene rings is 2. The molecule has 0 aromatic heterocycles. The van der Waals surface area contributed by atoms with Gasteiger partial charge in [-0.2, -0.15) is 13.1 Å². The second-order valence-electron chi connectivity index (χ2n) is 5.83. The zero-order valence-electron chi connectivity index (χ0n) is 14.3. The number of amides is 1. The van der Waals surface area contributed by atoms with Crippen LogP contribution < -0.4 is 19.8 Å². The first-order valence-electron chi connectivity index (χ1n) is 8.16. The first-order chi connectivity index (χ1) is 12.5. The lowest BCUT2D eigenvalue weighted by Crippen LogP contribution is -2.72. The van der Waals surface area contributed by atoms with Crippen molar-refractivity contribution in [1.82, 2.24) is 4.72 Å². The summed E-state index contributed by atoms with van der Waals surface area (Å²) in [6.45, 7) is 0.758. The van der Waals surface area contributed by atoms with Crippen LogP contribution in [0.3, 0.4) is 0 Å². The van der Waals surface area contributed by atoms with Gasteiger partial charge in [0.05, 0.1) is 20.1 Å². The van der Waals surface area contributed by atoms with Gasteiger partial charge in [0.15, 0.2) is 0 Å². The van der Waals surface area contributed by atoms with E-state index in [0.717, 1.165) is 13.0 Å². The molecule has 3 rings (SSSR count). The standard InChI is InChI=1S/C18H19N3O4S/c1-25-15-7-2-5-13(11-15)18(22)20-14-6-3-8-16(12-14)26(23,24)21-17-9-4-10-19-17/h2-3,5-8,11-12H,4,9-10H2,1H3,(H,19,21)(H,20,22)/p+1. The largest absolute Gasteiger partial charge is 0.497 e. The quantitative estimate of drug-likeness (QED) is 0.710. The molecule has 136 valence electrons. The molecule has 0 radical (unpaired) electrons. The molecule has 0 saturated carbocycles. The fraction of sp³-hybridized carbons (Fsp3) is 0.222. The van der Waals surface area contributed by atoms with Crippen molar-refractivity contribution >= 4 is 27.5 Å². The van der Waals surface area contributed by atoms with Gasteiger partial charge in [0.1, 0.15) is 10.6 Å². The molecule has 2 aromatic carbocycles. The Morgan fingerprint density at radius 3 is 2.69 bits per heavy atom. The van der Waals surface area contributed by atoms with E-state index >= 15 is 0 Å². The summed E-state index contributed by atoms with van der Waals surface area (Å²) in [7, 11) is -2.17. The average Bonchev–Trinajstić information content (AvgIpc) is 3.14. The normalized spacial score (nSPS) is 13.8. The van der Waals surface area contributed by atoms with E-state index in [-0.39, 0.29) is 10.8 Å². The number of nitrogens with one attached hydrogen (secondary N) is 3. The lowest BCUT2D eigenvalue weighted by atomic mass is 10.2. The van der Waals surface area contributed by atoms with Gasteiger partial charge in [-0.05, 0) is 42.8 Å². The van der Waals surface area contributed by atoms with Gasteiger partial charge in [0.25, 0.3) is 11.7 Å². The number of rotatable bonds is 5. The number of methoxy groups -OCH3 is 1. The van der Waals surface area contributed by atoms with Crippen molar-refractivity contribution in [2.45, 2.75) is 17.7 Å². The van der Waals surface area contributed by atoms with Crippen molar-refractivity contribution in [3.8, 4) is 5.75 Å². The van der Waals surface area contributed by atoms with Gasteiger partial charge in [-0.25, -0.2) is 0 Å². The molecule has 26 heavy (non-hydrogen) atoms. The van der Waals surface area contributed by atoms with Crippen LogP contribution in [0, 0.1) is 0 Å². The van der Waals surface area contributed by atoms with Crippen LogP contribution in [0.2, 0.25) is 0 Å². The van der Waals surface area contributed by atoms with E-state index in [1.807, 2.05) is 0 Å². The highest BCUT2D eigenvalue weighted by atomic mass is 32.2. The Bertz CT molecular complexity index is 954. The zero-order chi connectivity index (χ0) is 18.6. The van der Waals surface area contributed by atoms with Crippen molar-refractivity contribution < 1.29 is 22.9 Å². The zero-order valence-corrected chi connectivity index (χ0v) is 15.1. The minimum absolute atomic E-state index is 0.0853. The van der Waals surface area contributed by atoms with Gasteiger partial charge in [-0.1, -0.05) is 12.1 Å². The molecule has 0 spiro atoms. The van der Waals surface area contributed by atoms with Crippen LogP contribution in [0.5, 0.6) is 5.75 Å². The molecule has 1 amide bonds. The summed E-state index contributed by atoms with van der Waals surface area (Å²) < 4.78 is 32.6. The number of hydrogen-bond donors (Lipinski definition) is 3. The van der Waals surface area contributed by atoms with Gasteiger partial charge in [-0.3, -0.25) is 9.79 Å². The second kappa shape index (κ2) is 7.57. The Morgan fingerprint density at radius 2 is 1.96 bits per heavy atom. The number of carbonyl (C=O) groups is 1. The summed E-state index contributed by atoms with van der Waals surface area (Å²) in [5.41, 5.74) is 0.812. The number of anilines is 1. The molecule has 1 heterocycles. The van der Waals surface area contributed by atoms with E-state index in [0.29, 0.717) is 29.3 Å². The van der Waals surface area contributed by atoms with Crippen molar-refractivity contribution in [2.24, 2.45) is 0 Å². The highest BCUT2D eigenvalue weighted by Crippen LogP contribution is 2.18. The molecular formula is C18H20N3O4S+. The lowest BCUT2D eigenvalue weighted by molar-refractivity contribution is -0.448. The van der Waals surface area contributed by atoms with Crippen LogP contribution in [0.15, 0.2) is 53.4 Å². The molecule has 0 saturated heterocycles. The maximum atomic E-state index is 12.5. The molecule has 1 aliphatic heterocycles. The smallest absolute Gasteiger partial charge is 0.328 e. The van der Waals surface area contributed by atoms with Crippen molar-refractivity contribution in [2.75, 3.05) is 19.0 Å². The van der Waals surface area contributed by atoms with E-state index in [4.69, 9.17) is 4.74 Å². The van der Waals surface area contributed by atoms with Gasteiger partial charge in [0.2, 0.25) is 0 Å². The topological polar surface area (TPSA) is 98.5 Å². The minimum atomic E-state index is -3.70. The van der Waals surface area contributed by atoms with E-state index in [2.05, 4.69) is 15.0 Å². The molecule has 2 aromatic rings. The molecule has 0 atom stereocenters. The predicted molar refractivity (Wildman–Crippen MR) is 97.8 cm³/mol. The third-order valence-electron chi connectivity index (χ3n) is 3.93. The van der Waals surface area contributed by atoms with E-state index in [9.17, 15) is 13.2 Å². The first-order valence-corrected chi connectivity index (χ1v) is 9.64. The Balaban J connectivity index is 1.77. The summed E-state index contributed by atoms with van der Waals surface area (Å²) >= 11 is 0. The van der Waals surface area contributed by atoms with Gasteiger partial charge < -0.3 is 10.1 Å². The van der Waals surface area contributed by atoms with Crippen LogP contribution in [-0.2, 0) is 10.0 Å². The van der Waals surface area contributed by atoms with E-state index < -0.39 is 10.0 Å². The second-order valence-corrected chi connectivity index (χ2v) is 7.51. The SMILES string of the molecule is COc1cccc(C(=O)Nc2cccc(S(=O)(=O)NC3=[NH+]CCC3)c2)c1. The number of carbonyl (C=O) groups excluding carboxylic acids is 1. The lowest BCUT2D eigenvalue weighted by Gasteiger charge is -2.08. The van der Waals surface area contributed by atoms with Gasteiger partial charge in [-0.15, -0.1) is 0 Å². The Kier molecular flexibility index (Phi) is 5.22. The van der Waals surface area contributed by atoms with Crippen molar-refractivity contribution in [3.63, 3.8) is 0 Å². The summed E-state index contributed by atoms with van der Waals surface area (Å²) in [5.74, 6) is 0.813. The minimum Gasteiger partial charge on any atom is -0.497 e. The number of sulfonamides is 1. The maximum Gasteiger partial charge on any atom is 0.328 e. The van der Waals surface area contributed by atoms with Crippen LogP contribution in [0.1, 0.15) is 23.2 Å². The molecule has 3 N–H and O–H groups in total. The number of hydrogen-bond acceptors (Lipinski definition) is 4. The molecule has 0 unspecified atom stereocenters. The van der Waals surface area contributed by atoms with Crippen molar-refractivity contribution in [1.29, 1.82) is 0 Å². The number of amidine groups is 1. The van der Waals surface area contributed by atoms with Gasteiger partial charge >= 0.3 is 10.0 Å². The fourth-order valence-electron chi connectivity index (χ4n) is 2.61. The summed E-state index contributed by atoms with van der Waals surface area (Å²) in [6, 6.07) is 12.9. The summed E-state index contributed by atoms with van der Waals surface area (Å²) in [5, 5.41) is 2.71. The molecule has 8 heteroatoms. The third-order valence-corrected chi connectivity index (χ3v) is 5.32. The Hall–Kier alpha value is -2.87. The van der Waals surface area contributed by atoms with Crippen LogP contribution in [-0.4, -0.2) is 33.8 Å². The monoisotopic (exact) mass is 374 g/mol. The Morgan fingerprint density at radius 1 is 1.15 bits per heavy atom. The summed E-state index contributed by atoms with van der Waals surface area (Å²) in [6.07, 6.45) is 1.57. The fourth-order valence-corrected chi connectivity index (χ4v) is 3.77. The number of ether oxygens (including phenoxy) is 1. The Labute approximate surface area is 152 Å². The molecule has 7 nitrogen and oxygen atoms in total. The predicted octanol–water partition coefficient (Wildman–Crippen LogP) is 0.499. The van der Waals surface area contributed by atoms with Crippen LogP contribution in [0.25, 0.3) is 0 Å². The molecule has 0 aliphatic carbocycles. The molecule has 1 aliphatic rings.